The van der Waals surface area contributed by atoms with E-state index in [-0.39, 0.29) is 5.56 Å². The molecule has 1 N–H and O–H groups in total. The molecule has 2 aliphatic carbocycles. The van der Waals surface area contributed by atoms with E-state index in [0.29, 0.717) is 39.9 Å². The summed E-state index contributed by atoms with van der Waals surface area (Å²) in [7, 11) is 0. The predicted octanol–water partition coefficient (Wildman–Crippen LogP) is 5.82. The Morgan fingerprint density at radius 1 is 1.15 bits per heavy atom. The Balaban J connectivity index is 1.34. The number of hydrogen-bond acceptors (Lipinski definition) is 5. The molecule has 2 saturated carbocycles. The van der Waals surface area contributed by atoms with Crippen LogP contribution < -0.4 is 4.90 Å². The fraction of sp³-hybridized carbons (Fsp3) is 0.400. The Labute approximate surface area is 207 Å². The SMILES string of the molecule is O=C(O)c1cccc(N2C[C@H]3CC[C@]2(OCc2c(-c4c(Cl)cccc4Cl)nnn2C2CC2)C3)c1. The van der Waals surface area contributed by atoms with Crippen LogP contribution in [0.1, 0.15) is 54.2 Å². The van der Waals surface area contributed by atoms with E-state index in [0.717, 1.165) is 50.0 Å². The van der Waals surface area contributed by atoms with Crippen molar-refractivity contribution < 1.29 is 14.6 Å². The maximum atomic E-state index is 11.5. The van der Waals surface area contributed by atoms with Crippen molar-refractivity contribution in [2.24, 2.45) is 5.92 Å². The molecule has 0 spiro atoms. The van der Waals surface area contributed by atoms with Crippen LogP contribution in [0.25, 0.3) is 11.3 Å². The zero-order valence-electron chi connectivity index (χ0n) is 18.5. The van der Waals surface area contributed by atoms with Crippen molar-refractivity contribution in [1.29, 1.82) is 0 Å². The molecule has 7 nitrogen and oxygen atoms in total. The van der Waals surface area contributed by atoms with Crippen LogP contribution in [0.5, 0.6) is 0 Å². The van der Waals surface area contributed by atoms with Crippen LogP contribution in [0, 0.1) is 5.92 Å². The third kappa shape index (κ3) is 3.67. The van der Waals surface area contributed by atoms with Gasteiger partial charge < -0.3 is 14.7 Å². The average molecular weight is 499 g/mol. The number of anilines is 1. The normalized spacial score (nSPS) is 23.6. The zero-order valence-corrected chi connectivity index (χ0v) is 20.0. The van der Waals surface area contributed by atoms with Crippen molar-refractivity contribution in [3.05, 3.63) is 63.8 Å². The number of carboxylic acids is 1. The maximum Gasteiger partial charge on any atom is 0.335 e. The number of nitrogens with zero attached hydrogens (tertiary/aromatic N) is 4. The highest BCUT2D eigenvalue weighted by Crippen LogP contribution is 2.50. The smallest absolute Gasteiger partial charge is 0.335 e. The molecule has 2 aromatic carbocycles. The van der Waals surface area contributed by atoms with Crippen molar-refractivity contribution in [2.75, 3.05) is 11.4 Å². The van der Waals surface area contributed by atoms with Gasteiger partial charge in [0.05, 0.1) is 34.0 Å². The van der Waals surface area contributed by atoms with Gasteiger partial charge >= 0.3 is 5.97 Å². The number of benzene rings is 2. The van der Waals surface area contributed by atoms with Gasteiger partial charge in [-0.3, -0.25) is 0 Å². The minimum Gasteiger partial charge on any atom is -0.478 e. The fourth-order valence-electron chi connectivity index (χ4n) is 5.45. The highest BCUT2D eigenvalue weighted by atomic mass is 35.5. The molecule has 1 aromatic heterocycles. The number of halogens is 2. The van der Waals surface area contributed by atoms with E-state index in [1.165, 1.54) is 0 Å². The topological polar surface area (TPSA) is 80.5 Å². The molecule has 176 valence electrons. The molecule has 0 unspecified atom stereocenters. The first kappa shape index (κ1) is 21.9. The molecular weight excluding hydrogens is 475 g/mol. The number of fused-ring (bicyclic) bond motifs is 2. The lowest BCUT2D eigenvalue weighted by atomic mass is 10.1. The molecule has 1 saturated heterocycles. The maximum absolute atomic E-state index is 11.5. The fourth-order valence-corrected chi connectivity index (χ4v) is 6.02. The number of rotatable bonds is 7. The molecule has 9 heteroatoms. The molecule has 34 heavy (non-hydrogen) atoms. The third-order valence-corrected chi connectivity index (χ3v) is 7.88. The van der Waals surface area contributed by atoms with Crippen LogP contribution in [0.2, 0.25) is 10.0 Å². The summed E-state index contributed by atoms with van der Waals surface area (Å²) in [5.41, 5.74) is 2.89. The molecule has 1 aliphatic heterocycles. The van der Waals surface area contributed by atoms with Crippen molar-refractivity contribution >= 4 is 34.9 Å². The molecule has 3 aliphatic rings. The Morgan fingerprint density at radius 3 is 2.62 bits per heavy atom. The van der Waals surface area contributed by atoms with Crippen molar-refractivity contribution in [2.45, 2.75) is 50.5 Å². The minimum absolute atomic E-state index is 0.280. The highest BCUT2D eigenvalue weighted by molar-refractivity contribution is 6.39. The first-order valence-corrected chi connectivity index (χ1v) is 12.3. The monoisotopic (exact) mass is 498 g/mol. The van der Waals surface area contributed by atoms with Crippen molar-refractivity contribution in [3.8, 4) is 11.3 Å². The van der Waals surface area contributed by atoms with Crippen LogP contribution in [-0.2, 0) is 11.3 Å². The summed E-state index contributed by atoms with van der Waals surface area (Å²) in [5.74, 6) is -0.403. The van der Waals surface area contributed by atoms with Crippen molar-refractivity contribution in [1.82, 2.24) is 15.0 Å². The van der Waals surface area contributed by atoms with Gasteiger partial charge in [-0.1, -0.05) is 40.5 Å². The van der Waals surface area contributed by atoms with Gasteiger partial charge in [0, 0.05) is 17.8 Å². The summed E-state index contributed by atoms with van der Waals surface area (Å²) in [6.07, 6.45) is 5.03. The quantitative estimate of drug-likeness (QED) is 0.442. The number of ether oxygens (including phenoxy) is 1. The summed E-state index contributed by atoms with van der Waals surface area (Å²) in [5, 5.41) is 19.4. The first-order chi connectivity index (χ1) is 16.4. The molecule has 6 rings (SSSR count). The van der Waals surface area contributed by atoms with E-state index < -0.39 is 11.7 Å². The average Bonchev–Trinajstić information content (AvgIpc) is 3.31. The summed E-state index contributed by atoms with van der Waals surface area (Å²) >= 11 is 13.0. The molecule has 3 aromatic rings. The van der Waals surface area contributed by atoms with Crippen LogP contribution >= 0.6 is 23.2 Å². The summed E-state index contributed by atoms with van der Waals surface area (Å²) in [6, 6.07) is 12.9. The van der Waals surface area contributed by atoms with E-state index >= 15 is 0 Å². The van der Waals surface area contributed by atoms with Gasteiger partial charge in [-0.15, -0.1) is 5.10 Å². The number of piperidine rings is 1. The second-order valence-electron chi connectivity index (χ2n) is 9.47. The molecule has 3 fully saturated rings. The molecular formula is C25H24Cl2N4O3. The van der Waals surface area contributed by atoms with E-state index in [2.05, 4.69) is 15.2 Å². The molecule has 2 heterocycles. The van der Waals surface area contributed by atoms with Crippen LogP contribution in [0.4, 0.5) is 5.69 Å². The Morgan fingerprint density at radius 2 is 1.91 bits per heavy atom. The Hall–Kier alpha value is -2.61. The second kappa shape index (κ2) is 8.26. The van der Waals surface area contributed by atoms with Gasteiger partial charge in [0.25, 0.3) is 0 Å². The third-order valence-electron chi connectivity index (χ3n) is 7.25. The van der Waals surface area contributed by atoms with Crippen LogP contribution in [0.15, 0.2) is 42.5 Å². The number of carbonyl (C=O) groups is 1. The van der Waals surface area contributed by atoms with Gasteiger partial charge in [-0.2, -0.15) is 0 Å². The van der Waals surface area contributed by atoms with Crippen LogP contribution in [0.3, 0.4) is 0 Å². The second-order valence-corrected chi connectivity index (χ2v) is 10.3. The first-order valence-electron chi connectivity index (χ1n) is 11.6. The summed E-state index contributed by atoms with van der Waals surface area (Å²) in [6.45, 7) is 1.18. The molecule has 0 radical (unpaired) electrons. The predicted molar refractivity (Wildman–Crippen MR) is 129 cm³/mol. The van der Waals surface area contributed by atoms with Crippen molar-refractivity contribution in [3.63, 3.8) is 0 Å². The van der Waals surface area contributed by atoms with E-state index in [9.17, 15) is 9.90 Å². The van der Waals surface area contributed by atoms with Gasteiger partial charge in [-0.05, 0) is 68.4 Å². The van der Waals surface area contributed by atoms with E-state index in [1.54, 1.807) is 30.3 Å². The number of carboxylic acid groups (broad SMARTS) is 1. The van der Waals surface area contributed by atoms with Gasteiger partial charge in [0.1, 0.15) is 11.4 Å². The summed E-state index contributed by atoms with van der Waals surface area (Å²) < 4.78 is 8.71. The van der Waals surface area contributed by atoms with Crippen LogP contribution in [-0.4, -0.2) is 38.3 Å². The number of aromatic nitrogens is 3. The van der Waals surface area contributed by atoms with Gasteiger partial charge in [0.2, 0.25) is 0 Å². The lowest BCUT2D eigenvalue weighted by molar-refractivity contribution is -0.0473. The van der Waals surface area contributed by atoms with Gasteiger partial charge in [0.15, 0.2) is 0 Å². The Bertz CT molecular complexity index is 1250. The molecule has 2 atom stereocenters. The Kier molecular flexibility index (Phi) is 5.32. The molecule has 0 amide bonds. The standard InChI is InChI=1S/C25H24Cl2N4O3/c26-19-5-2-6-20(27)22(19)23-21(31(29-28-23)17-7-8-17)14-34-25-10-9-15(12-25)13-30(25)18-4-1-3-16(11-18)24(32)33/h1-6,11,15,17H,7-10,12-14H2,(H,32,33)/t15-,25-/m0/s1. The number of aromatic carboxylic acids is 1. The largest absolute Gasteiger partial charge is 0.478 e. The molecule has 2 bridgehead atoms. The minimum atomic E-state index is -0.929. The van der Waals surface area contributed by atoms with Gasteiger partial charge in [-0.25, -0.2) is 9.48 Å². The van der Waals surface area contributed by atoms with E-state index in [1.807, 2.05) is 16.8 Å². The lowest BCUT2D eigenvalue weighted by Gasteiger charge is -2.40. The summed E-state index contributed by atoms with van der Waals surface area (Å²) in [4.78, 5) is 13.8. The van der Waals surface area contributed by atoms with E-state index in [4.69, 9.17) is 27.9 Å². The number of hydrogen-bond donors (Lipinski definition) is 1. The lowest BCUT2D eigenvalue weighted by Crippen LogP contribution is -2.47. The highest BCUT2D eigenvalue weighted by Gasteiger charge is 2.52. The zero-order chi connectivity index (χ0) is 23.4.